The van der Waals surface area contributed by atoms with Crippen molar-refractivity contribution in [2.24, 2.45) is 0 Å². The van der Waals surface area contributed by atoms with E-state index in [2.05, 4.69) is 15.9 Å². The molecule has 0 saturated carbocycles. The average Bonchev–Trinajstić information content (AvgIpc) is 3.38. The smallest absolute Gasteiger partial charge is 0.156 e. The van der Waals surface area contributed by atoms with E-state index in [4.69, 9.17) is 24.7 Å². The lowest BCUT2D eigenvalue weighted by Crippen LogP contribution is -2.37. The quantitative estimate of drug-likeness (QED) is 0.610. The molecule has 32 heavy (non-hydrogen) atoms. The Hall–Kier alpha value is -3.26. The Bertz CT molecular complexity index is 1120. The van der Waals surface area contributed by atoms with E-state index in [9.17, 15) is 0 Å². The zero-order valence-electron chi connectivity index (χ0n) is 18.7. The van der Waals surface area contributed by atoms with Crippen LogP contribution in [0.4, 0.5) is 17.5 Å². The summed E-state index contributed by atoms with van der Waals surface area (Å²) in [5.74, 6) is 3.47. The van der Waals surface area contributed by atoms with E-state index < -0.39 is 0 Å². The molecule has 8 nitrogen and oxygen atoms in total. The van der Waals surface area contributed by atoms with Crippen LogP contribution in [0.3, 0.4) is 0 Å². The summed E-state index contributed by atoms with van der Waals surface area (Å²) < 4.78 is 5.53. The van der Waals surface area contributed by atoms with Gasteiger partial charge in [0, 0.05) is 46.3 Å². The molecular weight excluding hydrogens is 402 g/mol. The Labute approximate surface area is 188 Å². The molecule has 4 heterocycles. The van der Waals surface area contributed by atoms with Gasteiger partial charge in [-0.15, -0.1) is 0 Å². The molecule has 2 aliphatic heterocycles. The van der Waals surface area contributed by atoms with Crippen LogP contribution in [-0.4, -0.2) is 73.4 Å². The second-order valence-electron chi connectivity index (χ2n) is 8.39. The van der Waals surface area contributed by atoms with E-state index in [1.165, 1.54) is 12.8 Å². The van der Waals surface area contributed by atoms with Crippen LogP contribution in [0, 0.1) is 0 Å². The summed E-state index contributed by atoms with van der Waals surface area (Å²) in [6.07, 6.45) is 6.35. The summed E-state index contributed by atoms with van der Waals surface area (Å²) in [5, 5.41) is 0. The number of morpholine rings is 1. The van der Waals surface area contributed by atoms with Gasteiger partial charge < -0.3 is 19.4 Å². The van der Waals surface area contributed by atoms with E-state index in [1.807, 2.05) is 55.4 Å². The maximum Gasteiger partial charge on any atom is 0.156 e. The molecule has 5 rings (SSSR count). The highest BCUT2D eigenvalue weighted by Gasteiger charge is 2.19. The van der Waals surface area contributed by atoms with Gasteiger partial charge in [-0.2, -0.15) is 0 Å². The number of ether oxygens (including phenoxy) is 1. The Morgan fingerprint density at radius 1 is 0.812 bits per heavy atom. The summed E-state index contributed by atoms with van der Waals surface area (Å²) in [4.78, 5) is 26.0. The van der Waals surface area contributed by atoms with E-state index in [0.29, 0.717) is 5.82 Å². The Morgan fingerprint density at radius 2 is 1.44 bits per heavy atom. The third-order valence-corrected chi connectivity index (χ3v) is 5.87. The molecule has 0 atom stereocenters. The summed E-state index contributed by atoms with van der Waals surface area (Å²) in [5.41, 5.74) is 2.56. The van der Waals surface area contributed by atoms with Crippen molar-refractivity contribution in [3.05, 3.63) is 41.9 Å². The standard InChI is InChI=1S/C24H29N7O/c1-29(2)24-20(25-18-7-3-4-8-19(18)26-24)9-10-21-27-22(30-11-5-6-12-30)17-23(28-21)31-13-15-32-16-14-31/h3-4,7-10,17H,5-6,11-16H2,1-2H3. The van der Waals surface area contributed by atoms with Crippen molar-refractivity contribution in [2.75, 3.05) is 68.2 Å². The summed E-state index contributed by atoms with van der Waals surface area (Å²) in [7, 11) is 3.97. The minimum absolute atomic E-state index is 0.690. The van der Waals surface area contributed by atoms with Crippen LogP contribution in [0.15, 0.2) is 30.3 Å². The first kappa shape index (κ1) is 20.6. The first-order valence-electron chi connectivity index (χ1n) is 11.3. The molecule has 2 aliphatic rings. The largest absolute Gasteiger partial charge is 0.378 e. The Kier molecular flexibility index (Phi) is 5.85. The van der Waals surface area contributed by atoms with E-state index in [-0.39, 0.29) is 0 Å². The zero-order chi connectivity index (χ0) is 21.9. The fraction of sp³-hybridized carbons (Fsp3) is 0.417. The average molecular weight is 432 g/mol. The summed E-state index contributed by atoms with van der Waals surface area (Å²) >= 11 is 0. The zero-order valence-corrected chi connectivity index (χ0v) is 18.7. The van der Waals surface area contributed by atoms with Gasteiger partial charge in [0.25, 0.3) is 0 Å². The second kappa shape index (κ2) is 9.08. The maximum atomic E-state index is 5.53. The lowest BCUT2D eigenvalue weighted by Gasteiger charge is -2.29. The van der Waals surface area contributed by atoms with Crippen molar-refractivity contribution in [2.45, 2.75) is 12.8 Å². The minimum atomic E-state index is 0.690. The van der Waals surface area contributed by atoms with Crippen molar-refractivity contribution in [1.29, 1.82) is 0 Å². The Morgan fingerprint density at radius 3 is 2.09 bits per heavy atom. The number of para-hydroxylation sites is 2. The second-order valence-corrected chi connectivity index (χ2v) is 8.39. The van der Waals surface area contributed by atoms with Gasteiger partial charge in [-0.1, -0.05) is 12.1 Å². The minimum Gasteiger partial charge on any atom is -0.378 e. The van der Waals surface area contributed by atoms with Gasteiger partial charge in [0.2, 0.25) is 0 Å². The molecule has 2 fully saturated rings. The normalized spacial score (nSPS) is 16.9. The molecule has 0 N–H and O–H groups in total. The van der Waals surface area contributed by atoms with E-state index in [1.54, 1.807) is 0 Å². The lowest BCUT2D eigenvalue weighted by atomic mass is 10.2. The highest BCUT2D eigenvalue weighted by Crippen LogP contribution is 2.25. The topological polar surface area (TPSA) is 70.5 Å². The third kappa shape index (κ3) is 4.36. The van der Waals surface area contributed by atoms with Crippen LogP contribution in [0.1, 0.15) is 24.4 Å². The van der Waals surface area contributed by atoms with Gasteiger partial charge in [-0.05, 0) is 37.1 Å². The van der Waals surface area contributed by atoms with Gasteiger partial charge in [0.05, 0.1) is 24.2 Å². The number of rotatable bonds is 5. The predicted molar refractivity (Wildman–Crippen MR) is 129 cm³/mol. The number of benzene rings is 1. The van der Waals surface area contributed by atoms with Gasteiger partial charge in [-0.3, -0.25) is 0 Å². The van der Waals surface area contributed by atoms with Crippen molar-refractivity contribution in [3.8, 4) is 0 Å². The molecule has 0 radical (unpaired) electrons. The van der Waals surface area contributed by atoms with Gasteiger partial charge in [0.1, 0.15) is 17.3 Å². The van der Waals surface area contributed by atoms with Crippen LogP contribution >= 0.6 is 0 Å². The highest BCUT2D eigenvalue weighted by molar-refractivity contribution is 5.81. The summed E-state index contributed by atoms with van der Waals surface area (Å²) in [6, 6.07) is 10.1. The number of anilines is 3. The lowest BCUT2D eigenvalue weighted by molar-refractivity contribution is 0.122. The molecule has 0 amide bonds. The van der Waals surface area contributed by atoms with Crippen molar-refractivity contribution in [1.82, 2.24) is 19.9 Å². The molecule has 8 heteroatoms. The monoisotopic (exact) mass is 431 g/mol. The molecule has 166 valence electrons. The number of aromatic nitrogens is 4. The van der Waals surface area contributed by atoms with Gasteiger partial charge in [-0.25, -0.2) is 19.9 Å². The highest BCUT2D eigenvalue weighted by atomic mass is 16.5. The molecular formula is C24H29N7O. The first-order chi connectivity index (χ1) is 15.7. The Balaban J connectivity index is 1.52. The third-order valence-electron chi connectivity index (χ3n) is 5.87. The molecule has 2 aromatic heterocycles. The molecule has 0 aliphatic carbocycles. The first-order valence-corrected chi connectivity index (χ1v) is 11.3. The number of nitrogens with zero attached hydrogens (tertiary/aromatic N) is 7. The fourth-order valence-corrected chi connectivity index (χ4v) is 4.18. The fourth-order valence-electron chi connectivity index (χ4n) is 4.18. The molecule has 0 bridgehead atoms. The van der Waals surface area contributed by atoms with Crippen molar-refractivity contribution in [3.63, 3.8) is 0 Å². The number of fused-ring (bicyclic) bond motifs is 1. The molecule has 3 aromatic rings. The molecule has 1 aromatic carbocycles. The van der Waals surface area contributed by atoms with Crippen LogP contribution in [0.2, 0.25) is 0 Å². The molecule has 0 spiro atoms. The predicted octanol–water partition coefficient (Wildman–Crippen LogP) is 3.09. The van der Waals surface area contributed by atoms with Crippen LogP contribution in [0.5, 0.6) is 0 Å². The van der Waals surface area contributed by atoms with Gasteiger partial charge >= 0.3 is 0 Å². The maximum absolute atomic E-state index is 5.53. The SMILES string of the molecule is CN(C)c1nc2ccccc2nc1C=Cc1nc(N2CCCC2)cc(N2CCOCC2)n1. The van der Waals surface area contributed by atoms with Crippen LogP contribution in [0.25, 0.3) is 23.2 Å². The summed E-state index contributed by atoms with van der Waals surface area (Å²) in [6.45, 7) is 5.24. The van der Waals surface area contributed by atoms with Crippen molar-refractivity contribution >= 4 is 40.6 Å². The molecule has 2 saturated heterocycles. The number of hydrogen-bond donors (Lipinski definition) is 0. The van der Waals surface area contributed by atoms with Crippen molar-refractivity contribution < 1.29 is 4.74 Å². The molecule has 0 unspecified atom stereocenters. The van der Waals surface area contributed by atoms with Gasteiger partial charge in [0.15, 0.2) is 11.6 Å². The van der Waals surface area contributed by atoms with Crippen LogP contribution in [-0.2, 0) is 4.74 Å². The number of hydrogen-bond acceptors (Lipinski definition) is 8. The van der Waals surface area contributed by atoms with Crippen LogP contribution < -0.4 is 14.7 Å². The van der Waals surface area contributed by atoms with E-state index >= 15 is 0 Å². The van der Waals surface area contributed by atoms with E-state index in [0.717, 1.165) is 73.6 Å².